The Morgan fingerprint density at radius 3 is 2.43 bits per heavy atom. The van der Waals surface area contributed by atoms with Gasteiger partial charge in [-0.15, -0.1) is 12.4 Å². The lowest BCUT2D eigenvalue weighted by Gasteiger charge is -2.16. The van der Waals surface area contributed by atoms with Gasteiger partial charge in [0.2, 0.25) is 0 Å². The number of hydrogen-bond acceptors (Lipinski definition) is 2. The molecule has 0 unspecified atom stereocenters. The van der Waals surface area contributed by atoms with E-state index in [4.69, 9.17) is 28.9 Å². The first-order chi connectivity index (χ1) is 6.04. The molecule has 3 N–H and O–H groups in total. The predicted molar refractivity (Wildman–Crippen MR) is 62.3 cm³/mol. The Morgan fingerprint density at radius 1 is 1.36 bits per heavy atom. The number of rotatable bonds is 2. The van der Waals surface area contributed by atoms with Crippen LogP contribution in [0, 0.1) is 0 Å². The van der Waals surface area contributed by atoms with Crippen molar-refractivity contribution >= 4 is 35.6 Å². The third kappa shape index (κ3) is 3.01. The zero-order valence-electron chi connectivity index (χ0n) is 7.58. The van der Waals surface area contributed by atoms with E-state index in [1.807, 2.05) is 0 Å². The topological polar surface area (TPSA) is 46.2 Å². The van der Waals surface area contributed by atoms with E-state index >= 15 is 0 Å². The molecule has 0 aliphatic rings. The maximum atomic E-state index is 9.26. The van der Waals surface area contributed by atoms with Crippen molar-refractivity contribution < 1.29 is 5.11 Å². The first kappa shape index (κ1) is 14.0. The van der Waals surface area contributed by atoms with Crippen LogP contribution in [0.1, 0.15) is 18.5 Å². The Kier molecular flexibility index (Phi) is 5.79. The lowest BCUT2D eigenvalue weighted by Crippen LogP contribution is -2.23. The van der Waals surface area contributed by atoms with Crippen molar-refractivity contribution in [1.29, 1.82) is 0 Å². The third-order valence-corrected chi connectivity index (χ3v) is 2.69. The zero-order valence-corrected chi connectivity index (χ0v) is 9.90. The number of aliphatic hydroxyl groups is 1. The highest BCUT2D eigenvalue weighted by atomic mass is 35.5. The molecule has 0 fully saturated rings. The molecular formula is C9H12Cl3NO. The van der Waals surface area contributed by atoms with Crippen molar-refractivity contribution in [3.05, 3.63) is 33.8 Å². The van der Waals surface area contributed by atoms with Gasteiger partial charge in [-0.2, -0.15) is 0 Å². The molecule has 0 amide bonds. The van der Waals surface area contributed by atoms with E-state index in [1.54, 1.807) is 25.1 Å². The normalized spacial score (nSPS) is 14.4. The van der Waals surface area contributed by atoms with E-state index in [0.717, 1.165) is 0 Å². The van der Waals surface area contributed by atoms with E-state index in [9.17, 15) is 5.11 Å². The highest BCUT2D eigenvalue weighted by molar-refractivity contribution is 6.42. The predicted octanol–water partition coefficient (Wildman–Crippen LogP) is 2.80. The van der Waals surface area contributed by atoms with Gasteiger partial charge in [0.15, 0.2) is 0 Å². The Bertz CT molecular complexity index is 304. The summed E-state index contributed by atoms with van der Waals surface area (Å²) < 4.78 is 0. The fourth-order valence-corrected chi connectivity index (χ4v) is 1.47. The van der Waals surface area contributed by atoms with Crippen molar-refractivity contribution in [1.82, 2.24) is 0 Å². The standard InChI is InChI=1S/C9H11Cl2NO.ClH/c1-5(13)9(12)6-3-2-4-7(10)8(6)11;/h2-5,9,13H,12H2,1H3;1H/t5-,9-;/m0./s1. The SMILES string of the molecule is C[C@H](O)[C@H](N)c1cccc(Cl)c1Cl.Cl. The van der Waals surface area contributed by atoms with Crippen LogP contribution in [-0.4, -0.2) is 11.2 Å². The number of halogens is 3. The summed E-state index contributed by atoms with van der Waals surface area (Å²) in [4.78, 5) is 0. The molecular weight excluding hydrogens is 244 g/mol. The molecule has 0 heterocycles. The molecule has 2 nitrogen and oxygen atoms in total. The summed E-state index contributed by atoms with van der Waals surface area (Å²) in [5, 5.41) is 10.1. The quantitative estimate of drug-likeness (QED) is 0.855. The molecule has 0 saturated carbocycles. The second kappa shape index (κ2) is 5.79. The van der Waals surface area contributed by atoms with Gasteiger partial charge < -0.3 is 10.8 Å². The van der Waals surface area contributed by atoms with Gasteiger partial charge in [0.05, 0.1) is 22.2 Å². The maximum absolute atomic E-state index is 9.26. The van der Waals surface area contributed by atoms with Crippen LogP contribution in [0.4, 0.5) is 0 Å². The van der Waals surface area contributed by atoms with E-state index in [1.165, 1.54) is 0 Å². The van der Waals surface area contributed by atoms with Gasteiger partial charge in [0.1, 0.15) is 0 Å². The molecule has 2 atom stereocenters. The van der Waals surface area contributed by atoms with Gasteiger partial charge >= 0.3 is 0 Å². The van der Waals surface area contributed by atoms with Crippen LogP contribution >= 0.6 is 35.6 Å². The minimum absolute atomic E-state index is 0. The van der Waals surface area contributed by atoms with E-state index in [2.05, 4.69) is 0 Å². The molecule has 0 aliphatic carbocycles. The average Bonchev–Trinajstić information content (AvgIpc) is 2.08. The van der Waals surface area contributed by atoms with Crippen LogP contribution in [0.3, 0.4) is 0 Å². The highest BCUT2D eigenvalue weighted by Crippen LogP contribution is 2.29. The number of hydrogen-bond donors (Lipinski definition) is 2. The van der Waals surface area contributed by atoms with Crippen molar-refractivity contribution in [3.63, 3.8) is 0 Å². The summed E-state index contributed by atoms with van der Waals surface area (Å²) in [6.07, 6.45) is -0.643. The van der Waals surface area contributed by atoms with Crippen LogP contribution in [0.5, 0.6) is 0 Å². The van der Waals surface area contributed by atoms with Crippen molar-refractivity contribution in [2.75, 3.05) is 0 Å². The molecule has 1 aromatic carbocycles. The largest absolute Gasteiger partial charge is 0.391 e. The van der Waals surface area contributed by atoms with Gasteiger partial charge in [-0.3, -0.25) is 0 Å². The van der Waals surface area contributed by atoms with E-state index in [-0.39, 0.29) is 12.4 Å². The Hall–Kier alpha value is 0.01000. The number of nitrogens with two attached hydrogens (primary N) is 1. The monoisotopic (exact) mass is 255 g/mol. The van der Waals surface area contributed by atoms with Crippen LogP contribution in [0.2, 0.25) is 10.0 Å². The molecule has 0 aromatic heterocycles. The van der Waals surface area contributed by atoms with Crippen molar-refractivity contribution in [2.24, 2.45) is 5.73 Å². The molecule has 0 saturated heterocycles. The van der Waals surface area contributed by atoms with Gasteiger partial charge in [-0.1, -0.05) is 35.3 Å². The fraction of sp³-hybridized carbons (Fsp3) is 0.333. The molecule has 0 radical (unpaired) electrons. The van der Waals surface area contributed by atoms with Crippen molar-refractivity contribution in [2.45, 2.75) is 19.1 Å². The zero-order chi connectivity index (χ0) is 10.0. The minimum atomic E-state index is -0.643. The number of aliphatic hydroxyl groups excluding tert-OH is 1. The third-order valence-electron chi connectivity index (χ3n) is 1.86. The van der Waals surface area contributed by atoms with Gasteiger partial charge in [-0.05, 0) is 18.6 Å². The van der Waals surface area contributed by atoms with Gasteiger partial charge in [-0.25, -0.2) is 0 Å². The smallest absolute Gasteiger partial charge is 0.0705 e. The molecule has 14 heavy (non-hydrogen) atoms. The Morgan fingerprint density at radius 2 is 1.93 bits per heavy atom. The summed E-state index contributed by atoms with van der Waals surface area (Å²) in [5.41, 5.74) is 6.38. The molecule has 0 bridgehead atoms. The number of benzene rings is 1. The van der Waals surface area contributed by atoms with E-state index < -0.39 is 12.1 Å². The van der Waals surface area contributed by atoms with Crippen LogP contribution in [0.25, 0.3) is 0 Å². The molecule has 0 spiro atoms. The van der Waals surface area contributed by atoms with Gasteiger partial charge in [0, 0.05) is 0 Å². The van der Waals surface area contributed by atoms with E-state index in [0.29, 0.717) is 15.6 Å². The maximum Gasteiger partial charge on any atom is 0.0705 e. The van der Waals surface area contributed by atoms with Crippen LogP contribution in [0.15, 0.2) is 18.2 Å². The Balaban J connectivity index is 0.00000169. The minimum Gasteiger partial charge on any atom is -0.391 e. The highest BCUT2D eigenvalue weighted by Gasteiger charge is 2.16. The molecule has 80 valence electrons. The summed E-state index contributed by atoms with van der Waals surface area (Å²) >= 11 is 11.7. The second-order valence-electron chi connectivity index (χ2n) is 2.91. The fourth-order valence-electron chi connectivity index (χ4n) is 1.04. The summed E-state index contributed by atoms with van der Waals surface area (Å²) in [7, 11) is 0. The summed E-state index contributed by atoms with van der Waals surface area (Å²) in [5.74, 6) is 0. The molecule has 1 aromatic rings. The Labute approximate surface area is 99.4 Å². The lowest BCUT2D eigenvalue weighted by molar-refractivity contribution is 0.164. The van der Waals surface area contributed by atoms with Crippen molar-refractivity contribution in [3.8, 4) is 0 Å². The van der Waals surface area contributed by atoms with Gasteiger partial charge in [0.25, 0.3) is 0 Å². The summed E-state index contributed by atoms with van der Waals surface area (Å²) in [6.45, 7) is 1.61. The first-order valence-corrected chi connectivity index (χ1v) is 4.67. The van der Waals surface area contributed by atoms with Crippen LogP contribution < -0.4 is 5.73 Å². The second-order valence-corrected chi connectivity index (χ2v) is 3.69. The molecule has 1 rings (SSSR count). The van der Waals surface area contributed by atoms with Crippen LogP contribution in [-0.2, 0) is 0 Å². The average molecular weight is 257 g/mol. The molecule has 5 heteroatoms. The first-order valence-electron chi connectivity index (χ1n) is 3.91. The summed E-state index contributed by atoms with van der Waals surface area (Å²) in [6, 6.07) is 4.70. The lowest BCUT2D eigenvalue weighted by atomic mass is 10.0. The molecule has 0 aliphatic heterocycles.